The molecule has 1 aliphatic carbocycles. The Morgan fingerprint density at radius 2 is 1.67 bits per heavy atom. The summed E-state index contributed by atoms with van der Waals surface area (Å²) in [6.07, 6.45) is 11.2. The number of hydrogen-bond acceptors (Lipinski definition) is 2. The zero-order valence-electron chi connectivity index (χ0n) is 16.8. The van der Waals surface area contributed by atoms with E-state index in [9.17, 15) is 9.59 Å². The maximum absolute atomic E-state index is 12.9. The predicted octanol–water partition coefficient (Wildman–Crippen LogP) is 4.91. The van der Waals surface area contributed by atoms with Crippen molar-refractivity contribution in [2.75, 3.05) is 18.0 Å². The molecule has 0 radical (unpaired) electrons. The Morgan fingerprint density at radius 1 is 0.963 bits per heavy atom. The minimum atomic E-state index is 0.0855. The van der Waals surface area contributed by atoms with Crippen LogP contribution in [0.15, 0.2) is 24.3 Å². The predicted molar refractivity (Wildman–Crippen MR) is 110 cm³/mol. The fourth-order valence-corrected chi connectivity index (χ4v) is 4.22. The van der Waals surface area contributed by atoms with Gasteiger partial charge in [0.15, 0.2) is 0 Å². The molecule has 1 heterocycles. The lowest BCUT2D eigenvalue weighted by molar-refractivity contribution is -0.132. The highest BCUT2D eigenvalue weighted by molar-refractivity contribution is 5.92. The van der Waals surface area contributed by atoms with Gasteiger partial charge in [0.1, 0.15) is 0 Å². The van der Waals surface area contributed by atoms with Gasteiger partial charge in [-0.15, -0.1) is 0 Å². The van der Waals surface area contributed by atoms with Gasteiger partial charge in [0.2, 0.25) is 11.8 Å². The first-order valence-corrected chi connectivity index (χ1v) is 10.8. The molecule has 1 aromatic carbocycles. The van der Waals surface area contributed by atoms with E-state index >= 15 is 0 Å². The molecule has 1 aliphatic heterocycles. The summed E-state index contributed by atoms with van der Waals surface area (Å²) in [7, 11) is 0. The average molecular weight is 371 g/mol. The number of para-hydroxylation sites is 1. The number of fused-ring (bicyclic) bond motifs is 1. The van der Waals surface area contributed by atoms with Crippen LogP contribution in [-0.2, 0) is 16.1 Å². The lowest BCUT2D eigenvalue weighted by Gasteiger charge is -2.30. The van der Waals surface area contributed by atoms with Crippen molar-refractivity contribution in [3.63, 3.8) is 0 Å². The molecular weight excluding hydrogens is 336 g/mol. The molecule has 0 atom stereocenters. The van der Waals surface area contributed by atoms with Crippen LogP contribution >= 0.6 is 0 Å². The van der Waals surface area contributed by atoms with Gasteiger partial charge < -0.3 is 9.80 Å². The van der Waals surface area contributed by atoms with Crippen molar-refractivity contribution < 1.29 is 9.59 Å². The zero-order chi connectivity index (χ0) is 19.1. The lowest BCUT2D eigenvalue weighted by Crippen LogP contribution is -2.35. The maximum atomic E-state index is 12.9. The number of benzene rings is 1. The van der Waals surface area contributed by atoms with Crippen LogP contribution in [0.25, 0.3) is 0 Å². The molecule has 3 rings (SSSR count). The van der Waals surface area contributed by atoms with Crippen molar-refractivity contribution in [3.8, 4) is 0 Å². The van der Waals surface area contributed by atoms with E-state index < -0.39 is 0 Å². The summed E-state index contributed by atoms with van der Waals surface area (Å²) in [6.45, 7) is 3.85. The van der Waals surface area contributed by atoms with Gasteiger partial charge in [-0.2, -0.15) is 0 Å². The van der Waals surface area contributed by atoms with Gasteiger partial charge in [-0.25, -0.2) is 0 Å². The Bertz CT molecular complexity index is 639. The first kappa shape index (κ1) is 19.9. The Balaban J connectivity index is 1.77. The molecule has 2 aliphatic rings. The first-order chi connectivity index (χ1) is 13.1. The van der Waals surface area contributed by atoms with Gasteiger partial charge in [-0.1, -0.05) is 56.7 Å². The van der Waals surface area contributed by atoms with Gasteiger partial charge in [0.25, 0.3) is 0 Å². The number of anilines is 1. The number of carbonyl (C=O) groups is 2. The van der Waals surface area contributed by atoms with Crippen LogP contribution < -0.4 is 4.90 Å². The second kappa shape index (κ2) is 9.91. The first-order valence-electron chi connectivity index (χ1n) is 10.8. The molecule has 1 saturated carbocycles. The molecule has 0 bridgehead atoms. The zero-order valence-corrected chi connectivity index (χ0v) is 16.8. The third-order valence-electron chi connectivity index (χ3n) is 6.18. The summed E-state index contributed by atoms with van der Waals surface area (Å²) in [5, 5.41) is 0. The van der Waals surface area contributed by atoms with Gasteiger partial charge in [0.05, 0.1) is 0 Å². The molecule has 0 spiro atoms. The topological polar surface area (TPSA) is 40.6 Å². The second-order valence-electron chi connectivity index (χ2n) is 8.22. The summed E-state index contributed by atoms with van der Waals surface area (Å²) in [4.78, 5) is 29.1. The van der Waals surface area contributed by atoms with Crippen molar-refractivity contribution >= 4 is 17.5 Å². The highest BCUT2D eigenvalue weighted by atomic mass is 16.2. The molecule has 4 heteroatoms. The maximum Gasteiger partial charge on any atom is 0.223 e. The van der Waals surface area contributed by atoms with Crippen LogP contribution in [0.2, 0.25) is 0 Å². The van der Waals surface area contributed by atoms with E-state index in [1.807, 2.05) is 28.0 Å². The van der Waals surface area contributed by atoms with Gasteiger partial charge >= 0.3 is 0 Å². The van der Waals surface area contributed by atoms with Crippen LogP contribution in [0.5, 0.6) is 0 Å². The van der Waals surface area contributed by atoms with Gasteiger partial charge in [-0.05, 0) is 36.8 Å². The molecule has 0 aromatic heterocycles. The summed E-state index contributed by atoms with van der Waals surface area (Å²) < 4.78 is 0. The third kappa shape index (κ3) is 5.57. The highest BCUT2D eigenvalue weighted by Gasteiger charge is 2.22. The summed E-state index contributed by atoms with van der Waals surface area (Å²) in [5.74, 6) is 1.13. The van der Waals surface area contributed by atoms with Crippen LogP contribution in [-0.4, -0.2) is 29.8 Å². The van der Waals surface area contributed by atoms with Crippen LogP contribution in [0.4, 0.5) is 5.69 Å². The fraction of sp³-hybridized carbons (Fsp3) is 0.652. The highest BCUT2D eigenvalue weighted by Crippen LogP contribution is 2.31. The van der Waals surface area contributed by atoms with E-state index in [0.29, 0.717) is 13.0 Å². The molecule has 0 unspecified atom stereocenters. The largest absolute Gasteiger partial charge is 0.338 e. The Kier molecular flexibility index (Phi) is 7.31. The van der Waals surface area contributed by atoms with Crippen molar-refractivity contribution in [2.24, 2.45) is 5.92 Å². The average Bonchev–Trinajstić information content (AvgIpc) is 2.60. The van der Waals surface area contributed by atoms with E-state index in [2.05, 4.69) is 6.07 Å². The van der Waals surface area contributed by atoms with Gasteiger partial charge in [0, 0.05) is 38.7 Å². The van der Waals surface area contributed by atoms with Gasteiger partial charge in [-0.3, -0.25) is 9.59 Å². The van der Waals surface area contributed by atoms with Crippen molar-refractivity contribution in [3.05, 3.63) is 29.8 Å². The van der Waals surface area contributed by atoms with Crippen molar-refractivity contribution in [2.45, 2.75) is 77.7 Å². The molecule has 1 aromatic rings. The number of hydrogen-bond donors (Lipinski definition) is 0. The molecule has 148 valence electrons. The minimum Gasteiger partial charge on any atom is -0.338 e. The molecule has 2 amide bonds. The number of nitrogens with zero attached hydrogens (tertiary/aromatic N) is 2. The number of amides is 2. The number of carbonyl (C=O) groups excluding carboxylic acids is 2. The molecule has 1 fully saturated rings. The molecule has 27 heavy (non-hydrogen) atoms. The smallest absolute Gasteiger partial charge is 0.223 e. The van der Waals surface area contributed by atoms with Crippen LogP contribution in [0.1, 0.15) is 76.7 Å². The Labute approximate surface area is 163 Å². The lowest BCUT2D eigenvalue weighted by atomic mass is 9.82. The van der Waals surface area contributed by atoms with E-state index in [4.69, 9.17) is 0 Å². The Morgan fingerprint density at radius 3 is 2.37 bits per heavy atom. The summed E-state index contributed by atoms with van der Waals surface area (Å²) >= 11 is 0. The minimum absolute atomic E-state index is 0.0855. The van der Waals surface area contributed by atoms with Crippen molar-refractivity contribution in [1.82, 2.24) is 4.90 Å². The molecule has 0 N–H and O–H groups in total. The van der Waals surface area contributed by atoms with Crippen LogP contribution in [0.3, 0.4) is 0 Å². The van der Waals surface area contributed by atoms with Crippen LogP contribution in [0, 0.1) is 5.92 Å². The van der Waals surface area contributed by atoms with E-state index in [1.165, 1.54) is 25.7 Å². The fourth-order valence-electron chi connectivity index (χ4n) is 4.22. The van der Waals surface area contributed by atoms with Crippen molar-refractivity contribution in [1.29, 1.82) is 0 Å². The summed E-state index contributed by atoms with van der Waals surface area (Å²) in [6, 6.07) is 8.10. The number of rotatable bonds is 3. The third-order valence-corrected chi connectivity index (χ3v) is 6.18. The molecular formula is C23H34N2O2. The quantitative estimate of drug-likeness (QED) is 0.758. The Hall–Kier alpha value is -1.84. The summed E-state index contributed by atoms with van der Waals surface area (Å²) in [5.41, 5.74) is 2.06. The monoisotopic (exact) mass is 370 g/mol. The van der Waals surface area contributed by atoms with E-state index in [0.717, 1.165) is 62.4 Å². The standard InChI is InChI=1S/C23H34N2O2/c1-19(26)25-17-8-4-2-3-7-16-24(18-21-12-5-6-13-22(21)25)23(27)15-14-20-10-9-11-20/h5-6,12-13,20H,2-4,7-11,14-18H2,1H3. The van der Waals surface area contributed by atoms with E-state index in [1.54, 1.807) is 6.92 Å². The second-order valence-corrected chi connectivity index (χ2v) is 8.22. The molecule has 0 saturated heterocycles. The SMILES string of the molecule is CC(=O)N1CCCCCCCN(C(=O)CCC2CCC2)Cc2ccccc21. The van der Waals surface area contributed by atoms with E-state index in [-0.39, 0.29) is 11.8 Å². The normalized spacial score (nSPS) is 19.4. The molecule has 4 nitrogen and oxygen atoms in total.